The van der Waals surface area contributed by atoms with E-state index in [0.717, 1.165) is 11.3 Å². The van der Waals surface area contributed by atoms with Crippen LogP contribution in [0.2, 0.25) is 0 Å². The largest absolute Gasteiger partial charge is 0.507 e. The topological polar surface area (TPSA) is 115 Å². The van der Waals surface area contributed by atoms with Gasteiger partial charge in [0.05, 0.1) is 11.9 Å². The van der Waals surface area contributed by atoms with E-state index in [1.165, 1.54) is 17.2 Å². The molecule has 0 aliphatic rings. The van der Waals surface area contributed by atoms with Gasteiger partial charge in [-0.3, -0.25) is 4.79 Å². The number of allylic oxidation sites excluding steroid dienone is 1. The lowest BCUT2D eigenvalue weighted by molar-refractivity contribution is -0.123. The minimum absolute atomic E-state index is 0.110. The van der Waals surface area contributed by atoms with Crippen LogP contribution >= 0.6 is 0 Å². The number of para-hydroxylation sites is 1. The van der Waals surface area contributed by atoms with E-state index in [2.05, 4.69) is 32.6 Å². The third-order valence-corrected chi connectivity index (χ3v) is 3.73. The first-order valence-electron chi connectivity index (χ1n) is 8.37. The molecule has 9 nitrogen and oxygen atoms in total. The summed E-state index contributed by atoms with van der Waals surface area (Å²) in [7, 11) is 0. The molecule has 0 aliphatic heterocycles. The number of carbonyl (C=O) groups is 1. The molecule has 2 aromatic carbocycles. The fraction of sp³-hybridized carbons (Fsp3) is 0.105. The molecule has 0 atom stereocenters. The highest BCUT2D eigenvalue weighted by molar-refractivity contribution is 5.86. The van der Waals surface area contributed by atoms with Crippen molar-refractivity contribution in [3.63, 3.8) is 0 Å². The Morgan fingerprint density at radius 3 is 2.82 bits per heavy atom. The number of ether oxygens (including phenoxy) is 1. The van der Waals surface area contributed by atoms with Gasteiger partial charge in [-0.1, -0.05) is 18.2 Å². The van der Waals surface area contributed by atoms with Crippen molar-refractivity contribution >= 4 is 12.1 Å². The van der Waals surface area contributed by atoms with Crippen molar-refractivity contribution in [3.05, 3.63) is 72.6 Å². The Morgan fingerprint density at radius 2 is 2.11 bits per heavy atom. The maximum Gasteiger partial charge on any atom is 0.277 e. The van der Waals surface area contributed by atoms with E-state index in [0.29, 0.717) is 17.7 Å². The summed E-state index contributed by atoms with van der Waals surface area (Å²) in [6.45, 7) is 3.45. The van der Waals surface area contributed by atoms with Crippen LogP contribution in [-0.2, 0) is 11.2 Å². The van der Waals surface area contributed by atoms with Gasteiger partial charge in [0.2, 0.25) is 0 Å². The number of benzene rings is 2. The van der Waals surface area contributed by atoms with Gasteiger partial charge in [0.15, 0.2) is 6.61 Å². The van der Waals surface area contributed by atoms with Crippen LogP contribution in [0, 0.1) is 0 Å². The molecule has 3 rings (SSSR count). The molecule has 0 radical (unpaired) electrons. The molecule has 0 spiro atoms. The normalized spacial score (nSPS) is 10.7. The molecular weight excluding hydrogens is 360 g/mol. The van der Waals surface area contributed by atoms with Crippen LogP contribution in [0.25, 0.3) is 5.69 Å². The van der Waals surface area contributed by atoms with Crippen molar-refractivity contribution < 1.29 is 14.6 Å². The summed E-state index contributed by atoms with van der Waals surface area (Å²) in [5, 5.41) is 24.9. The number of nitrogens with zero attached hydrogens (tertiary/aromatic N) is 5. The Labute approximate surface area is 161 Å². The van der Waals surface area contributed by atoms with Gasteiger partial charge in [-0.15, -0.1) is 11.7 Å². The fourth-order valence-corrected chi connectivity index (χ4v) is 2.37. The summed E-state index contributed by atoms with van der Waals surface area (Å²) in [5.74, 6) is 0.201. The van der Waals surface area contributed by atoms with Crippen LogP contribution in [0.15, 0.2) is 66.5 Å². The standard InChI is InChI=1S/C19H18N6O3/c1-2-4-14-5-3-6-15(19(14)27)11-20-22-18(26)12-28-17-9-7-16(8-10-17)25-13-21-23-24-25/h2-3,5-11,13,27H,1,4,12H2,(H,22,26). The molecule has 2 N–H and O–H groups in total. The van der Waals surface area contributed by atoms with Crippen LogP contribution < -0.4 is 10.2 Å². The Morgan fingerprint density at radius 1 is 1.29 bits per heavy atom. The predicted molar refractivity (Wildman–Crippen MR) is 102 cm³/mol. The van der Waals surface area contributed by atoms with E-state index in [9.17, 15) is 9.90 Å². The molecule has 142 valence electrons. The summed E-state index contributed by atoms with van der Waals surface area (Å²) in [4.78, 5) is 11.9. The second-order valence-corrected chi connectivity index (χ2v) is 5.68. The highest BCUT2D eigenvalue weighted by Gasteiger charge is 2.05. The predicted octanol–water partition coefficient (Wildman–Crippen LogP) is 1.63. The number of hydrogen-bond acceptors (Lipinski definition) is 7. The Balaban J connectivity index is 1.50. The number of tetrazole rings is 1. The average Bonchev–Trinajstić information content (AvgIpc) is 3.24. The van der Waals surface area contributed by atoms with Crippen molar-refractivity contribution in [1.29, 1.82) is 0 Å². The number of nitrogens with one attached hydrogen (secondary N) is 1. The molecule has 9 heteroatoms. The Hall–Kier alpha value is -4.01. The van der Waals surface area contributed by atoms with Gasteiger partial charge in [-0.25, -0.2) is 10.1 Å². The van der Waals surface area contributed by atoms with Crippen LogP contribution in [-0.4, -0.2) is 44.0 Å². The van der Waals surface area contributed by atoms with Crippen LogP contribution in [0.4, 0.5) is 0 Å². The van der Waals surface area contributed by atoms with Gasteiger partial charge in [0.25, 0.3) is 5.91 Å². The highest BCUT2D eigenvalue weighted by atomic mass is 16.5. The fourth-order valence-electron chi connectivity index (χ4n) is 2.37. The van der Waals surface area contributed by atoms with Gasteiger partial charge >= 0.3 is 0 Å². The first-order valence-corrected chi connectivity index (χ1v) is 8.37. The van der Waals surface area contributed by atoms with E-state index in [4.69, 9.17) is 4.74 Å². The maximum atomic E-state index is 11.9. The molecule has 0 fully saturated rings. The third kappa shape index (κ3) is 4.79. The molecule has 0 bridgehead atoms. The lowest BCUT2D eigenvalue weighted by atomic mass is 10.1. The third-order valence-electron chi connectivity index (χ3n) is 3.73. The van der Waals surface area contributed by atoms with Crippen LogP contribution in [0.3, 0.4) is 0 Å². The monoisotopic (exact) mass is 378 g/mol. The van der Waals surface area contributed by atoms with Gasteiger partial charge in [-0.05, 0) is 52.7 Å². The second kappa shape index (κ2) is 9.08. The van der Waals surface area contributed by atoms with Crippen LogP contribution in [0.5, 0.6) is 11.5 Å². The smallest absolute Gasteiger partial charge is 0.277 e. The molecule has 0 saturated carbocycles. The van der Waals surface area contributed by atoms with Crippen molar-refractivity contribution in [1.82, 2.24) is 25.6 Å². The number of rotatable bonds is 8. The molecular formula is C19H18N6O3. The molecule has 0 saturated heterocycles. The maximum absolute atomic E-state index is 11.9. The van der Waals surface area contributed by atoms with Gasteiger partial charge in [-0.2, -0.15) is 5.10 Å². The molecule has 1 aromatic heterocycles. The number of aromatic nitrogens is 4. The van der Waals surface area contributed by atoms with Gasteiger partial charge < -0.3 is 9.84 Å². The molecule has 3 aromatic rings. The summed E-state index contributed by atoms with van der Waals surface area (Å²) >= 11 is 0. The SMILES string of the molecule is C=CCc1cccc(C=NNC(=O)COc2ccc(-n3cnnn3)cc2)c1O. The number of phenolic OH excluding ortho intramolecular Hbond substituents is 1. The van der Waals surface area contributed by atoms with Crippen molar-refractivity contribution in [2.75, 3.05) is 6.61 Å². The summed E-state index contributed by atoms with van der Waals surface area (Å²) < 4.78 is 6.92. The zero-order chi connectivity index (χ0) is 19.8. The number of aromatic hydroxyl groups is 1. The molecule has 28 heavy (non-hydrogen) atoms. The van der Waals surface area contributed by atoms with E-state index in [1.54, 1.807) is 48.5 Å². The van der Waals surface area contributed by atoms with E-state index >= 15 is 0 Å². The Bertz CT molecular complexity index is 968. The number of amides is 1. The zero-order valence-electron chi connectivity index (χ0n) is 14.9. The van der Waals surface area contributed by atoms with Crippen molar-refractivity contribution in [3.8, 4) is 17.2 Å². The highest BCUT2D eigenvalue weighted by Crippen LogP contribution is 2.21. The lowest BCUT2D eigenvalue weighted by Gasteiger charge is -2.06. The zero-order valence-corrected chi connectivity index (χ0v) is 14.9. The Kier molecular flexibility index (Phi) is 6.09. The number of hydrogen-bond donors (Lipinski definition) is 2. The molecule has 0 unspecified atom stereocenters. The van der Waals surface area contributed by atoms with E-state index in [1.807, 2.05) is 0 Å². The minimum Gasteiger partial charge on any atom is -0.507 e. The van der Waals surface area contributed by atoms with Gasteiger partial charge in [0.1, 0.15) is 17.8 Å². The van der Waals surface area contributed by atoms with E-state index < -0.39 is 5.91 Å². The summed E-state index contributed by atoms with van der Waals surface area (Å²) in [5.41, 5.74) is 4.36. The molecule has 1 heterocycles. The van der Waals surface area contributed by atoms with Gasteiger partial charge in [0, 0.05) is 5.56 Å². The number of carbonyl (C=O) groups excluding carboxylic acids is 1. The van der Waals surface area contributed by atoms with Crippen molar-refractivity contribution in [2.24, 2.45) is 5.10 Å². The van der Waals surface area contributed by atoms with E-state index in [-0.39, 0.29) is 12.4 Å². The van der Waals surface area contributed by atoms with Crippen LogP contribution in [0.1, 0.15) is 11.1 Å². The first-order chi connectivity index (χ1) is 13.7. The first kappa shape index (κ1) is 18.8. The summed E-state index contributed by atoms with van der Waals surface area (Å²) in [6, 6.07) is 12.2. The second-order valence-electron chi connectivity index (χ2n) is 5.68. The number of hydrazone groups is 1. The van der Waals surface area contributed by atoms with Crippen molar-refractivity contribution in [2.45, 2.75) is 6.42 Å². The quantitative estimate of drug-likeness (QED) is 0.350. The molecule has 1 amide bonds. The average molecular weight is 378 g/mol. The molecule has 0 aliphatic carbocycles. The minimum atomic E-state index is -0.428. The number of phenols is 1. The summed E-state index contributed by atoms with van der Waals surface area (Å²) in [6.07, 6.45) is 5.09. The lowest BCUT2D eigenvalue weighted by Crippen LogP contribution is -2.24.